The number of aromatic carboxylic acids is 1. The minimum atomic E-state index is -1.16. The van der Waals surface area contributed by atoms with Crippen LogP contribution in [0.1, 0.15) is 23.1 Å². The van der Waals surface area contributed by atoms with E-state index < -0.39 is 5.97 Å². The number of nitrogens with zero attached hydrogens (tertiary/aromatic N) is 4. The fourth-order valence-electron chi connectivity index (χ4n) is 1.74. The third-order valence-electron chi connectivity index (χ3n) is 2.66. The van der Waals surface area contributed by atoms with Crippen LogP contribution in [0.25, 0.3) is 0 Å². The number of anilines is 1. The first-order chi connectivity index (χ1) is 10.0. The summed E-state index contributed by atoms with van der Waals surface area (Å²) in [5.74, 6) is -1.12. The number of rotatable bonds is 5. The second-order valence-corrected chi connectivity index (χ2v) is 5.03. The van der Waals surface area contributed by atoms with Crippen molar-refractivity contribution in [3.8, 4) is 0 Å². The highest BCUT2D eigenvalue weighted by atomic mass is 79.9. The van der Waals surface area contributed by atoms with Gasteiger partial charge in [-0.3, -0.25) is 4.79 Å². The van der Waals surface area contributed by atoms with Gasteiger partial charge in [0.05, 0.1) is 5.69 Å². The maximum atomic E-state index is 11.9. The van der Waals surface area contributed by atoms with E-state index >= 15 is 0 Å². The lowest BCUT2D eigenvalue weighted by Gasteiger charge is -2.06. The van der Waals surface area contributed by atoms with E-state index in [1.807, 2.05) is 0 Å². The van der Waals surface area contributed by atoms with Crippen molar-refractivity contribution < 1.29 is 14.7 Å². The van der Waals surface area contributed by atoms with Gasteiger partial charge in [0.15, 0.2) is 5.69 Å². The number of pyridine rings is 1. The Bertz CT molecular complexity index is 668. The third kappa shape index (κ3) is 3.63. The number of carboxylic acids is 1. The van der Waals surface area contributed by atoms with Crippen LogP contribution in [-0.2, 0) is 17.8 Å². The van der Waals surface area contributed by atoms with Crippen molar-refractivity contribution in [2.45, 2.75) is 19.9 Å². The van der Waals surface area contributed by atoms with Gasteiger partial charge in [-0.2, -0.15) is 0 Å². The van der Waals surface area contributed by atoms with Gasteiger partial charge in [0.1, 0.15) is 12.4 Å². The molecule has 110 valence electrons. The zero-order chi connectivity index (χ0) is 15.4. The molecule has 0 unspecified atom stereocenters. The highest BCUT2D eigenvalue weighted by Gasteiger charge is 2.18. The monoisotopic (exact) mass is 353 g/mol. The Balaban J connectivity index is 2.09. The van der Waals surface area contributed by atoms with Gasteiger partial charge in [-0.05, 0) is 34.5 Å². The minimum absolute atomic E-state index is 0.124. The van der Waals surface area contributed by atoms with E-state index in [1.54, 1.807) is 25.3 Å². The Kier molecular flexibility index (Phi) is 4.63. The van der Waals surface area contributed by atoms with Gasteiger partial charge < -0.3 is 10.4 Å². The summed E-state index contributed by atoms with van der Waals surface area (Å²) in [4.78, 5) is 26.9. The van der Waals surface area contributed by atoms with Gasteiger partial charge in [0, 0.05) is 10.7 Å². The zero-order valence-electron chi connectivity index (χ0n) is 11.1. The number of carbonyl (C=O) groups excluding carboxylic acids is 1. The lowest BCUT2D eigenvalue weighted by Crippen LogP contribution is -2.21. The fraction of sp³-hybridized carbons (Fsp3) is 0.250. The minimum Gasteiger partial charge on any atom is -0.476 e. The molecule has 0 aromatic carbocycles. The molecule has 2 aromatic heterocycles. The predicted molar refractivity (Wildman–Crippen MR) is 76.9 cm³/mol. The fourth-order valence-corrected chi connectivity index (χ4v) is 1.98. The lowest BCUT2D eigenvalue weighted by molar-refractivity contribution is -0.117. The summed E-state index contributed by atoms with van der Waals surface area (Å²) >= 11 is 3.25. The standard InChI is InChI=1S/C12H12BrN5O3/c1-2-8-11(12(20)21)16-17-18(8)6-10(19)15-9-4-3-7(13)5-14-9/h3-5H,2,6H2,1H3,(H,20,21)(H,14,15,19). The molecular weight excluding hydrogens is 342 g/mol. The summed E-state index contributed by atoms with van der Waals surface area (Å²) in [6.07, 6.45) is 1.98. The van der Waals surface area contributed by atoms with Crippen molar-refractivity contribution in [3.63, 3.8) is 0 Å². The number of aromatic nitrogens is 4. The summed E-state index contributed by atoms with van der Waals surface area (Å²) in [7, 11) is 0. The molecule has 0 aliphatic heterocycles. The largest absolute Gasteiger partial charge is 0.476 e. The van der Waals surface area contributed by atoms with Crippen LogP contribution >= 0.6 is 15.9 Å². The van der Waals surface area contributed by atoms with Gasteiger partial charge >= 0.3 is 5.97 Å². The Morgan fingerprint density at radius 1 is 1.43 bits per heavy atom. The van der Waals surface area contributed by atoms with E-state index in [9.17, 15) is 9.59 Å². The molecule has 0 aliphatic carbocycles. The summed E-state index contributed by atoms with van der Waals surface area (Å²) < 4.78 is 2.08. The average molecular weight is 354 g/mol. The van der Waals surface area contributed by atoms with Gasteiger partial charge in [-0.15, -0.1) is 5.10 Å². The first-order valence-corrected chi connectivity index (χ1v) is 6.87. The van der Waals surface area contributed by atoms with Crippen molar-refractivity contribution in [2.24, 2.45) is 0 Å². The number of amides is 1. The molecule has 0 fully saturated rings. The Labute approximate surface area is 128 Å². The molecule has 0 saturated heterocycles. The molecule has 0 aliphatic rings. The molecule has 0 bridgehead atoms. The van der Waals surface area contributed by atoms with E-state index in [0.717, 1.165) is 4.47 Å². The second kappa shape index (κ2) is 6.44. The van der Waals surface area contributed by atoms with Crippen molar-refractivity contribution in [1.29, 1.82) is 0 Å². The molecule has 9 heteroatoms. The van der Waals surface area contributed by atoms with Crippen molar-refractivity contribution in [3.05, 3.63) is 34.2 Å². The third-order valence-corrected chi connectivity index (χ3v) is 3.13. The molecule has 21 heavy (non-hydrogen) atoms. The Hall–Kier alpha value is -2.29. The molecular formula is C12H12BrN5O3. The van der Waals surface area contributed by atoms with Crippen LogP contribution in [0.5, 0.6) is 0 Å². The van der Waals surface area contributed by atoms with Crippen molar-refractivity contribution in [2.75, 3.05) is 5.32 Å². The predicted octanol–water partition coefficient (Wildman–Crippen LogP) is 1.33. The van der Waals surface area contributed by atoms with Crippen LogP contribution in [0.2, 0.25) is 0 Å². The van der Waals surface area contributed by atoms with Crippen LogP contribution in [0.4, 0.5) is 5.82 Å². The summed E-state index contributed by atoms with van der Waals surface area (Å²) in [5, 5.41) is 18.8. The van der Waals surface area contributed by atoms with E-state index in [-0.39, 0.29) is 18.1 Å². The van der Waals surface area contributed by atoms with Gasteiger partial charge in [-0.1, -0.05) is 12.1 Å². The van der Waals surface area contributed by atoms with E-state index in [2.05, 4.69) is 36.5 Å². The number of halogens is 1. The Morgan fingerprint density at radius 3 is 2.76 bits per heavy atom. The maximum absolute atomic E-state index is 11.9. The summed E-state index contributed by atoms with van der Waals surface area (Å²) in [6, 6.07) is 3.39. The van der Waals surface area contributed by atoms with Gasteiger partial charge in [0.25, 0.3) is 0 Å². The van der Waals surface area contributed by atoms with Crippen LogP contribution < -0.4 is 5.32 Å². The maximum Gasteiger partial charge on any atom is 0.358 e. The number of nitrogens with one attached hydrogen (secondary N) is 1. The second-order valence-electron chi connectivity index (χ2n) is 4.11. The zero-order valence-corrected chi connectivity index (χ0v) is 12.7. The molecule has 0 radical (unpaired) electrons. The highest BCUT2D eigenvalue weighted by molar-refractivity contribution is 9.10. The van der Waals surface area contributed by atoms with Crippen molar-refractivity contribution >= 4 is 33.6 Å². The molecule has 2 N–H and O–H groups in total. The van der Waals surface area contributed by atoms with E-state index in [1.165, 1.54) is 4.68 Å². The normalized spacial score (nSPS) is 10.4. The highest BCUT2D eigenvalue weighted by Crippen LogP contribution is 2.11. The number of carbonyl (C=O) groups is 2. The molecule has 1 amide bonds. The molecule has 0 atom stereocenters. The van der Waals surface area contributed by atoms with E-state index in [0.29, 0.717) is 17.9 Å². The molecule has 2 heterocycles. The number of hydrogen-bond donors (Lipinski definition) is 2. The molecule has 2 rings (SSSR count). The van der Waals surface area contributed by atoms with Crippen LogP contribution in [0.15, 0.2) is 22.8 Å². The molecule has 0 spiro atoms. The lowest BCUT2D eigenvalue weighted by atomic mass is 10.2. The van der Waals surface area contributed by atoms with Crippen molar-refractivity contribution in [1.82, 2.24) is 20.0 Å². The van der Waals surface area contributed by atoms with Crippen LogP contribution in [-0.4, -0.2) is 37.0 Å². The molecule has 8 nitrogen and oxygen atoms in total. The summed E-state index contributed by atoms with van der Waals surface area (Å²) in [5.41, 5.74) is 0.272. The van der Waals surface area contributed by atoms with Gasteiger partial charge in [0.2, 0.25) is 5.91 Å². The topological polar surface area (TPSA) is 110 Å². The molecule has 2 aromatic rings. The van der Waals surface area contributed by atoms with Crippen LogP contribution in [0, 0.1) is 0 Å². The number of carboxylic acid groups (broad SMARTS) is 1. The van der Waals surface area contributed by atoms with Gasteiger partial charge in [-0.25, -0.2) is 14.5 Å². The molecule has 0 saturated carbocycles. The first-order valence-electron chi connectivity index (χ1n) is 6.08. The SMILES string of the molecule is CCc1c(C(=O)O)nnn1CC(=O)Nc1ccc(Br)cn1. The number of hydrogen-bond acceptors (Lipinski definition) is 5. The quantitative estimate of drug-likeness (QED) is 0.838. The summed E-state index contributed by atoms with van der Waals surface area (Å²) in [6.45, 7) is 1.65. The Morgan fingerprint density at radius 2 is 2.19 bits per heavy atom. The van der Waals surface area contributed by atoms with E-state index in [4.69, 9.17) is 5.11 Å². The van der Waals surface area contributed by atoms with Crippen LogP contribution in [0.3, 0.4) is 0 Å². The average Bonchev–Trinajstić information content (AvgIpc) is 2.84. The smallest absolute Gasteiger partial charge is 0.358 e. The first kappa shape index (κ1) is 15.1.